The van der Waals surface area contributed by atoms with Gasteiger partial charge < -0.3 is 5.32 Å². The van der Waals surface area contributed by atoms with Crippen LogP contribution in [0, 0.1) is 0 Å². The largest absolute Gasteiger partial charge is 0.357 e. The van der Waals surface area contributed by atoms with E-state index in [2.05, 4.69) is 12.2 Å². The number of fused-ring (bicyclic) bond motifs is 1. The first-order chi connectivity index (χ1) is 14.1. The first-order valence-corrected chi connectivity index (χ1v) is 10.7. The zero-order chi connectivity index (χ0) is 20.4. The lowest BCUT2D eigenvalue weighted by Gasteiger charge is -2.34. The number of hydrogen-bond acceptors (Lipinski definition) is 3. The van der Waals surface area contributed by atoms with Gasteiger partial charge in [-0.25, -0.2) is 0 Å². The number of rotatable bonds is 4. The Bertz CT molecular complexity index is 982. The molecular weight excluding hydrogens is 384 g/mol. The Balaban J connectivity index is 1.97. The van der Waals surface area contributed by atoms with Gasteiger partial charge in [0.2, 0.25) is 5.91 Å². The standard InChI is InChI=1S/C24H25ClN2O2/c1-2-3-15-22(29)27-20-13-7-6-11-18(20)26-19-12-8-14-21(28)23(19)24(27)16-9-4-5-10-17(16)25/h4-7,9-11,13,24,26H,2-3,8,12,14-15H2,1H3/t24-/m0/s1. The van der Waals surface area contributed by atoms with Crippen LogP contribution >= 0.6 is 11.6 Å². The topological polar surface area (TPSA) is 49.4 Å². The van der Waals surface area contributed by atoms with Crippen molar-refractivity contribution in [2.45, 2.75) is 51.5 Å². The minimum atomic E-state index is -0.521. The fourth-order valence-electron chi connectivity index (χ4n) is 4.25. The van der Waals surface area contributed by atoms with Gasteiger partial charge in [-0.2, -0.15) is 0 Å². The summed E-state index contributed by atoms with van der Waals surface area (Å²) < 4.78 is 0. The normalized spacial score (nSPS) is 18.6. The number of para-hydroxylation sites is 2. The van der Waals surface area contributed by atoms with Gasteiger partial charge in [0.25, 0.3) is 0 Å². The molecule has 0 unspecified atom stereocenters. The van der Waals surface area contributed by atoms with E-state index in [9.17, 15) is 9.59 Å². The number of benzene rings is 2. The van der Waals surface area contributed by atoms with E-state index in [-0.39, 0.29) is 11.7 Å². The number of hydrogen-bond donors (Lipinski definition) is 1. The predicted molar refractivity (Wildman–Crippen MR) is 117 cm³/mol. The molecule has 1 aliphatic carbocycles. The zero-order valence-corrected chi connectivity index (χ0v) is 17.3. The van der Waals surface area contributed by atoms with Gasteiger partial charge in [-0.3, -0.25) is 14.5 Å². The highest BCUT2D eigenvalue weighted by molar-refractivity contribution is 6.31. The van der Waals surface area contributed by atoms with Gasteiger partial charge in [-0.15, -0.1) is 0 Å². The van der Waals surface area contributed by atoms with Crippen LogP contribution in [0.5, 0.6) is 0 Å². The summed E-state index contributed by atoms with van der Waals surface area (Å²) in [6.45, 7) is 2.07. The van der Waals surface area contributed by atoms with Crippen molar-refractivity contribution in [3.63, 3.8) is 0 Å². The van der Waals surface area contributed by atoms with E-state index in [1.807, 2.05) is 48.5 Å². The molecule has 1 heterocycles. The summed E-state index contributed by atoms with van der Waals surface area (Å²) in [7, 11) is 0. The molecule has 2 aromatic rings. The highest BCUT2D eigenvalue weighted by Crippen LogP contribution is 2.46. The van der Waals surface area contributed by atoms with Crippen LogP contribution in [0.3, 0.4) is 0 Å². The maximum Gasteiger partial charge on any atom is 0.227 e. The number of unbranched alkanes of at least 4 members (excludes halogenated alkanes) is 1. The van der Waals surface area contributed by atoms with Crippen LogP contribution < -0.4 is 10.2 Å². The molecule has 0 aromatic heterocycles. The number of amides is 1. The molecule has 5 heteroatoms. The molecule has 0 spiro atoms. The van der Waals surface area contributed by atoms with Crippen molar-refractivity contribution in [1.82, 2.24) is 0 Å². The number of nitrogens with one attached hydrogen (secondary N) is 1. The molecule has 1 aliphatic heterocycles. The molecule has 29 heavy (non-hydrogen) atoms. The van der Waals surface area contributed by atoms with E-state index >= 15 is 0 Å². The fraction of sp³-hybridized carbons (Fsp3) is 0.333. The molecule has 4 rings (SSSR count). The van der Waals surface area contributed by atoms with Crippen molar-refractivity contribution < 1.29 is 9.59 Å². The number of Topliss-reactive ketones (excluding diaryl/α,β-unsaturated/α-hetero) is 1. The van der Waals surface area contributed by atoms with Crippen molar-refractivity contribution in [2.75, 3.05) is 10.2 Å². The van der Waals surface area contributed by atoms with E-state index in [1.54, 1.807) is 4.90 Å². The molecule has 4 nitrogen and oxygen atoms in total. The summed E-state index contributed by atoms with van der Waals surface area (Å²) >= 11 is 6.60. The molecule has 1 amide bonds. The van der Waals surface area contributed by atoms with Crippen molar-refractivity contribution in [3.05, 3.63) is 70.4 Å². The Morgan fingerprint density at radius 2 is 1.90 bits per heavy atom. The smallest absolute Gasteiger partial charge is 0.227 e. The van der Waals surface area contributed by atoms with E-state index in [0.717, 1.165) is 48.3 Å². The number of halogens is 1. The molecule has 0 bridgehead atoms. The van der Waals surface area contributed by atoms with E-state index in [1.165, 1.54) is 0 Å². The summed E-state index contributed by atoms with van der Waals surface area (Å²) in [6, 6.07) is 14.8. The quantitative estimate of drug-likeness (QED) is 0.671. The summed E-state index contributed by atoms with van der Waals surface area (Å²) in [5, 5.41) is 4.04. The molecule has 0 saturated carbocycles. The molecular formula is C24H25ClN2O2. The minimum Gasteiger partial charge on any atom is -0.357 e. The number of ketones is 1. The number of allylic oxidation sites excluding steroid dienone is 1. The van der Waals surface area contributed by atoms with Crippen LogP contribution in [0.2, 0.25) is 5.02 Å². The van der Waals surface area contributed by atoms with Crippen molar-refractivity contribution in [3.8, 4) is 0 Å². The van der Waals surface area contributed by atoms with E-state index < -0.39 is 6.04 Å². The molecule has 0 fully saturated rings. The van der Waals surface area contributed by atoms with Crippen LogP contribution in [0.25, 0.3) is 0 Å². The molecule has 150 valence electrons. The molecule has 0 radical (unpaired) electrons. The summed E-state index contributed by atoms with van der Waals surface area (Å²) in [5.74, 6) is 0.0999. The lowest BCUT2D eigenvalue weighted by atomic mass is 9.85. The SMILES string of the molecule is CCCCC(=O)N1c2ccccc2NC2=C(C(=O)CCC2)[C@@H]1c1ccccc1Cl. The second-order valence-corrected chi connectivity index (χ2v) is 8.01. The van der Waals surface area contributed by atoms with E-state index in [0.29, 0.717) is 23.4 Å². The van der Waals surface area contributed by atoms with Gasteiger partial charge in [-0.1, -0.05) is 55.3 Å². The second-order valence-electron chi connectivity index (χ2n) is 7.60. The maximum absolute atomic E-state index is 13.5. The van der Waals surface area contributed by atoms with Gasteiger partial charge >= 0.3 is 0 Å². The second kappa shape index (κ2) is 8.42. The van der Waals surface area contributed by atoms with Crippen LogP contribution in [0.4, 0.5) is 11.4 Å². The molecule has 2 aromatic carbocycles. The van der Waals surface area contributed by atoms with Gasteiger partial charge in [-0.05, 0) is 43.0 Å². The summed E-state index contributed by atoms with van der Waals surface area (Å²) in [5.41, 5.74) is 4.02. The lowest BCUT2D eigenvalue weighted by Crippen LogP contribution is -2.38. The van der Waals surface area contributed by atoms with Crippen molar-refractivity contribution >= 4 is 34.7 Å². The Kier molecular flexibility index (Phi) is 5.72. The minimum absolute atomic E-state index is 0.0122. The Morgan fingerprint density at radius 3 is 2.69 bits per heavy atom. The number of carbonyl (C=O) groups is 2. The molecule has 2 aliphatic rings. The maximum atomic E-state index is 13.5. The van der Waals surface area contributed by atoms with Crippen molar-refractivity contribution in [1.29, 1.82) is 0 Å². The number of nitrogens with zero attached hydrogens (tertiary/aromatic N) is 1. The van der Waals surface area contributed by atoms with E-state index in [4.69, 9.17) is 11.6 Å². The first kappa shape index (κ1) is 19.7. The van der Waals surface area contributed by atoms with Crippen LogP contribution in [0.15, 0.2) is 59.8 Å². The zero-order valence-electron chi connectivity index (χ0n) is 16.6. The van der Waals surface area contributed by atoms with Gasteiger partial charge in [0.05, 0.1) is 17.4 Å². The fourth-order valence-corrected chi connectivity index (χ4v) is 4.49. The van der Waals surface area contributed by atoms with Crippen LogP contribution in [-0.4, -0.2) is 11.7 Å². The first-order valence-electron chi connectivity index (χ1n) is 10.3. The Labute approximate surface area is 176 Å². The number of carbonyl (C=O) groups excluding carboxylic acids is 2. The monoisotopic (exact) mass is 408 g/mol. The lowest BCUT2D eigenvalue weighted by molar-refractivity contribution is -0.119. The highest BCUT2D eigenvalue weighted by Gasteiger charge is 2.39. The van der Waals surface area contributed by atoms with Crippen LogP contribution in [-0.2, 0) is 9.59 Å². The highest BCUT2D eigenvalue weighted by atomic mass is 35.5. The summed E-state index contributed by atoms with van der Waals surface area (Å²) in [4.78, 5) is 28.4. The third-order valence-corrected chi connectivity index (χ3v) is 5.99. The van der Waals surface area contributed by atoms with Gasteiger partial charge in [0, 0.05) is 29.1 Å². The predicted octanol–water partition coefficient (Wildman–Crippen LogP) is 6.04. The Morgan fingerprint density at radius 1 is 1.14 bits per heavy atom. The van der Waals surface area contributed by atoms with Crippen LogP contribution in [0.1, 0.15) is 57.1 Å². The molecule has 0 saturated heterocycles. The average Bonchev–Trinajstić information content (AvgIpc) is 2.87. The van der Waals surface area contributed by atoms with Crippen molar-refractivity contribution in [2.24, 2.45) is 0 Å². The average molecular weight is 409 g/mol. The molecule has 1 atom stereocenters. The number of anilines is 2. The van der Waals surface area contributed by atoms with Gasteiger partial charge in [0.15, 0.2) is 5.78 Å². The Hall–Kier alpha value is -2.59. The van der Waals surface area contributed by atoms with Gasteiger partial charge in [0.1, 0.15) is 0 Å². The molecule has 1 N–H and O–H groups in total. The third kappa shape index (κ3) is 3.69. The third-order valence-electron chi connectivity index (χ3n) is 5.65. The summed E-state index contributed by atoms with van der Waals surface area (Å²) in [6.07, 6.45) is 4.26.